The molecule has 0 saturated carbocycles. The predicted octanol–water partition coefficient (Wildman–Crippen LogP) is 1.45. The first-order valence-electron chi connectivity index (χ1n) is 4.54. The molecule has 0 fully saturated rings. The van der Waals surface area contributed by atoms with E-state index in [-0.39, 0.29) is 11.9 Å². The Morgan fingerprint density at radius 2 is 1.29 bits per heavy atom. The molecule has 0 unspecified atom stereocenters. The Hall–Kier alpha value is -1.32. The summed E-state index contributed by atoms with van der Waals surface area (Å²) < 4.78 is 9.42. The number of hydrogen-bond donors (Lipinski definition) is 0. The van der Waals surface area contributed by atoms with Gasteiger partial charge in [-0.25, -0.2) is 0 Å². The minimum Gasteiger partial charge on any atom is -0.466 e. The van der Waals surface area contributed by atoms with E-state index in [9.17, 15) is 9.59 Å². The summed E-state index contributed by atoms with van der Waals surface area (Å²) in [5.41, 5.74) is 0. The number of carbonyl (C=O) groups excluding carboxylic acids is 2. The molecule has 0 spiro atoms. The Bertz CT molecular complexity index is 186. The molecule has 4 nitrogen and oxygen atoms in total. The maximum atomic E-state index is 10.4. The van der Waals surface area contributed by atoms with Crippen LogP contribution >= 0.6 is 0 Å². The average Bonchev–Trinajstić information content (AvgIpc) is 2.08. The highest BCUT2D eigenvalue weighted by atomic mass is 16.5. The van der Waals surface area contributed by atoms with Gasteiger partial charge >= 0.3 is 11.9 Å². The molecule has 0 radical (unpaired) electrons. The van der Waals surface area contributed by atoms with E-state index >= 15 is 0 Å². The second-order valence-corrected chi connectivity index (χ2v) is 2.73. The molecule has 0 aromatic heterocycles. The van der Waals surface area contributed by atoms with Gasteiger partial charge in [-0.2, -0.15) is 0 Å². The Kier molecular flexibility index (Phi) is 7.50. The molecule has 0 rings (SSSR count). The molecule has 4 heteroatoms. The summed E-state index contributed by atoms with van der Waals surface area (Å²) >= 11 is 0. The first-order chi connectivity index (χ1) is 6.63. The van der Waals surface area contributed by atoms with Crippen LogP contribution in [0.1, 0.15) is 26.7 Å². The summed E-state index contributed by atoms with van der Waals surface area (Å²) in [5.74, 6) is -0.531. The molecule has 0 aliphatic rings. The zero-order valence-electron chi connectivity index (χ0n) is 8.62. The molecule has 0 N–H and O–H groups in total. The Morgan fingerprint density at radius 3 is 1.57 bits per heavy atom. The topological polar surface area (TPSA) is 52.6 Å². The lowest BCUT2D eigenvalue weighted by Gasteiger charge is -1.98. The van der Waals surface area contributed by atoms with Gasteiger partial charge in [-0.05, 0) is 12.8 Å². The number of esters is 2. The summed E-state index contributed by atoms with van der Waals surface area (Å²) in [6, 6.07) is 0. The molecule has 0 heterocycles. The third-order valence-electron chi connectivity index (χ3n) is 1.35. The van der Waals surface area contributed by atoms with E-state index in [1.807, 2.05) is 12.2 Å². The summed E-state index contributed by atoms with van der Waals surface area (Å²) in [6.45, 7) is 3.56. The van der Waals surface area contributed by atoms with Crippen LogP contribution < -0.4 is 0 Å². The Balaban J connectivity index is 3.19. The van der Waals surface area contributed by atoms with E-state index in [1.54, 1.807) is 0 Å². The molecule has 80 valence electrons. The van der Waals surface area contributed by atoms with Crippen molar-refractivity contribution in [3.8, 4) is 0 Å². The van der Waals surface area contributed by atoms with Gasteiger partial charge in [0.2, 0.25) is 0 Å². The van der Waals surface area contributed by atoms with Gasteiger partial charge in [0.1, 0.15) is 0 Å². The number of rotatable bonds is 6. The lowest BCUT2D eigenvalue weighted by Crippen LogP contribution is -2.00. The average molecular weight is 200 g/mol. The maximum absolute atomic E-state index is 10.4. The summed E-state index contributed by atoms with van der Waals surface area (Å²) in [7, 11) is 0. The molecule has 0 amide bonds. The van der Waals surface area contributed by atoms with Crippen molar-refractivity contribution in [2.24, 2.45) is 0 Å². The maximum Gasteiger partial charge on any atom is 0.302 e. The zero-order valence-corrected chi connectivity index (χ0v) is 8.62. The van der Waals surface area contributed by atoms with Crippen LogP contribution in [0.15, 0.2) is 12.2 Å². The van der Waals surface area contributed by atoms with Gasteiger partial charge in [0.05, 0.1) is 13.2 Å². The van der Waals surface area contributed by atoms with Crippen LogP contribution in [0.2, 0.25) is 0 Å². The normalized spacial score (nSPS) is 10.1. The van der Waals surface area contributed by atoms with Crippen molar-refractivity contribution in [1.29, 1.82) is 0 Å². The second-order valence-electron chi connectivity index (χ2n) is 2.73. The highest BCUT2D eigenvalue weighted by Gasteiger charge is 1.90. The zero-order chi connectivity index (χ0) is 10.8. The minimum absolute atomic E-state index is 0.265. The van der Waals surface area contributed by atoms with E-state index in [1.165, 1.54) is 13.8 Å². The monoisotopic (exact) mass is 200 g/mol. The van der Waals surface area contributed by atoms with Crippen molar-refractivity contribution in [2.45, 2.75) is 26.7 Å². The number of ether oxygens (including phenoxy) is 2. The summed E-state index contributed by atoms with van der Waals surface area (Å²) in [6.07, 6.45) is 5.18. The quantitative estimate of drug-likeness (QED) is 0.370. The molecule has 0 saturated heterocycles. The van der Waals surface area contributed by atoms with Crippen LogP contribution in [0.4, 0.5) is 0 Å². The molecular weight excluding hydrogens is 184 g/mol. The predicted molar refractivity (Wildman–Crippen MR) is 51.6 cm³/mol. The molecule has 0 aliphatic carbocycles. The summed E-state index contributed by atoms with van der Waals surface area (Å²) in [4.78, 5) is 20.7. The molecule has 14 heavy (non-hydrogen) atoms. The van der Waals surface area contributed by atoms with E-state index in [2.05, 4.69) is 0 Å². The van der Waals surface area contributed by atoms with Gasteiger partial charge in [-0.1, -0.05) is 12.2 Å². The van der Waals surface area contributed by atoms with Gasteiger partial charge in [0.25, 0.3) is 0 Å². The van der Waals surface area contributed by atoms with Gasteiger partial charge in [-0.15, -0.1) is 0 Å². The fourth-order valence-electron chi connectivity index (χ4n) is 0.777. The van der Waals surface area contributed by atoms with Crippen molar-refractivity contribution in [2.75, 3.05) is 13.2 Å². The molecule has 0 aliphatic heterocycles. The van der Waals surface area contributed by atoms with E-state index in [4.69, 9.17) is 9.47 Å². The fourth-order valence-corrected chi connectivity index (χ4v) is 0.777. The van der Waals surface area contributed by atoms with Crippen molar-refractivity contribution in [1.82, 2.24) is 0 Å². The summed E-state index contributed by atoms with van der Waals surface area (Å²) in [5, 5.41) is 0. The largest absolute Gasteiger partial charge is 0.466 e. The van der Waals surface area contributed by atoms with E-state index in [0.717, 1.165) is 0 Å². The van der Waals surface area contributed by atoms with Crippen molar-refractivity contribution in [3.63, 3.8) is 0 Å². The SMILES string of the molecule is CC(=O)OCCC=CCCOC(C)=O. The second kappa shape index (κ2) is 8.29. The standard InChI is InChI=1S/C10H16O4/c1-9(11)13-7-5-3-4-6-8-14-10(2)12/h3-4H,5-8H2,1-2H3. The third kappa shape index (κ3) is 10.7. The van der Waals surface area contributed by atoms with Crippen LogP contribution in [-0.4, -0.2) is 25.2 Å². The van der Waals surface area contributed by atoms with Crippen LogP contribution in [0.3, 0.4) is 0 Å². The van der Waals surface area contributed by atoms with Gasteiger partial charge in [0, 0.05) is 13.8 Å². The lowest BCUT2D eigenvalue weighted by atomic mass is 10.3. The number of hydrogen-bond acceptors (Lipinski definition) is 4. The first-order valence-corrected chi connectivity index (χ1v) is 4.54. The van der Waals surface area contributed by atoms with Crippen LogP contribution in [0, 0.1) is 0 Å². The van der Waals surface area contributed by atoms with Gasteiger partial charge < -0.3 is 9.47 Å². The van der Waals surface area contributed by atoms with Gasteiger partial charge in [-0.3, -0.25) is 9.59 Å². The van der Waals surface area contributed by atoms with Crippen molar-refractivity contribution in [3.05, 3.63) is 12.2 Å². The Morgan fingerprint density at radius 1 is 0.929 bits per heavy atom. The third-order valence-corrected chi connectivity index (χ3v) is 1.35. The molecule has 0 bridgehead atoms. The molecular formula is C10H16O4. The van der Waals surface area contributed by atoms with Crippen LogP contribution in [-0.2, 0) is 19.1 Å². The smallest absolute Gasteiger partial charge is 0.302 e. The lowest BCUT2D eigenvalue weighted by molar-refractivity contribution is -0.141. The van der Waals surface area contributed by atoms with Gasteiger partial charge in [0.15, 0.2) is 0 Å². The molecule has 0 aromatic carbocycles. The van der Waals surface area contributed by atoms with E-state index in [0.29, 0.717) is 26.1 Å². The highest BCUT2D eigenvalue weighted by Crippen LogP contribution is 1.90. The Labute approximate surface area is 83.9 Å². The highest BCUT2D eigenvalue weighted by molar-refractivity contribution is 5.66. The molecule has 0 aromatic rings. The van der Waals surface area contributed by atoms with E-state index < -0.39 is 0 Å². The number of carbonyl (C=O) groups is 2. The minimum atomic E-state index is -0.265. The van der Waals surface area contributed by atoms with Crippen LogP contribution in [0.25, 0.3) is 0 Å². The van der Waals surface area contributed by atoms with Crippen molar-refractivity contribution < 1.29 is 19.1 Å². The fraction of sp³-hybridized carbons (Fsp3) is 0.600. The first kappa shape index (κ1) is 12.7. The van der Waals surface area contributed by atoms with Crippen molar-refractivity contribution >= 4 is 11.9 Å². The van der Waals surface area contributed by atoms with Crippen LogP contribution in [0.5, 0.6) is 0 Å². The molecule has 0 atom stereocenters.